The molecule has 31 heavy (non-hydrogen) atoms. The molecule has 8 nitrogen and oxygen atoms in total. The number of hydrogen-bond acceptors (Lipinski definition) is 8. The molecule has 4 rings (SSSR count). The van der Waals surface area contributed by atoms with E-state index in [1.165, 1.54) is 38.4 Å². The normalized spacial score (nSPS) is 25.3. The summed E-state index contributed by atoms with van der Waals surface area (Å²) in [4.78, 5) is 17.3. The Balaban J connectivity index is 1.64. The third-order valence-electron chi connectivity index (χ3n) is 5.22. The SMILES string of the molecule is COC1=CNC(C(F)F)C=C1c1cc(CC#N)ncc1C(=O)NC1NNC(C2CC2)S1. The molecule has 0 bridgehead atoms. The first-order chi connectivity index (χ1) is 15.0. The average Bonchev–Trinajstić information content (AvgIpc) is 3.52. The van der Waals surface area contributed by atoms with Crippen molar-refractivity contribution in [2.24, 2.45) is 5.92 Å². The van der Waals surface area contributed by atoms with E-state index in [2.05, 4.69) is 26.5 Å². The maximum atomic E-state index is 13.3. The number of dihydropyridines is 1. The van der Waals surface area contributed by atoms with Crippen LogP contribution in [0, 0.1) is 17.2 Å². The van der Waals surface area contributed by atoms with Crippen molar-refractivity contribution in [3.63, 3.8) is 0 Å². The zero-order chi connectivity index (χ0) is 22.0. The van der Waals surface area contributed by atoms with Crippen molar-refractivity contribution in [3.8, 4) is 6.07 Å². The summed E-state index contributed by atoms with van der Waals surface area (Å²) in [6, 6.07) is 2.36. The molecule has 0 spiro atoms. The van der Waals surface area contributed by atoms with Gasteiger partial charge >= 0.3 is 0 Å². The van der Waals surface area contributed by atoms with Crippen LogP contribution in [0.1, 0.15) is 34.5 Å². The number of amides is 1. The fourth-order valence-electron chi connectivity index (χ4n) is 3.44. The van der Waals surface area contributed by atoms with Crippen molar-refractivity contribution in [3.05, 3.63) is 47.1 Å². The van der Waals surface area contributed by atoms with Gasteiger partial charge in [-0.3, -0.25) is 9.78 Å². The van der Waals surface area contributed by atoms with Crippen LogP contribution in [0.2, 0.25) is 0 Å². The molecule has 3 aliphatic rings. The van der Waals surface area contributed by atoms with Crippen molar-refractivity contribution < 1.29 is 18.3 Å². The smallest absolute Gasteiger partial charge is 0.261 e. The number of pyridine rings is 1. The quantitative estimate of drug-likeness (QED) is 0.500. The number of ether oxygens (including phenoxy) is 1. The van der Waals surface area contributed by atoms with Gasteiger partial charge in [0, 0.05) is 23.5 Å². The number of hydrazine groups is 1. The molecule has 1 saturated heterocycles. The van der Waals surface area contributed by atoms with Gasteiger partial charge < -0.3 is 15.4 Å². The van der Waals surface area contributed by atoms with E-state index in [1.54, 1.807) is 17.8 Å². The van der Waals surface area contributed by atoms with Crippen molar-refractivity contribution in [1.82, 2.24) is 26.5 Å². The van der Waals surface area contributed by atoms with Crippen LogP contribution in [0.25, 0.3) is 5.57 Å². The topological polar surface area (TPSA) is 111 Å². The van der Waals surface area contributed by atoms with E-state index < -0.39 is 18.4 Å². The third kappa shape index (κ3) is 4.81. The molecule has 0 radical (unpaired) electrons. The van der Waals surface area contributed by atoms with Crippen molar-refractivity contribution in [2.75, 3.05) is 7.11 Å². The van der Waals surface area contributed by atoms with E-state index in [1.807, 2.05) is 6.07 Å². The highest BCUT2D eigenvalue weighted by Crippen LogP contribution is 2.40. The van der Waals surface area contributed by atoms with E-state index in [0.717, 1.165) is 0 Å². The van der Waals surface area contributed by atoms with E-state index >= 15 is 0 Å². The Morgan fingerprint density at radius 2 is 2.26 bits per heavy atom. The predicted molar refractivity (Wildman–Crippen MR) is 111 cm³/mol. The van der Waals surface area contributed by atoms with E-state index in [0.29, 0.717) is 28.5 Å². The number of aromatic nitrogens is 1. The van der Waals surface area contributed by atoms with E-state index in [9.17, 15) is 13.6 Å². The van der Waals surface area contributed by atoms with Gasteiger partial charge in [0.15, 0.2) is 0 Å². The van der Waals surface area contributed by atoms with Gasteiger partial charge in [0.05, 0.1) is 36.2 Å². The molecular weight excluding hydrogens is 426 g/mol. The van der Waals surface area contributed by atoms with Gasteiger partial charge in [0.25, 0.3) is 12.3 Å². The summed E-state index contributed by atoms with van der Waals surface area (Å²) in [5, 5.41) is 14.8. The first-order valence-corrected chi connectivity index (χ1v) is 10.8. The first-order valence-electron chi connectivity index (χ1n) is 9.84. The lowest BCUT2D eigenvalue weighted by atomic mass is 9.94. The highest BCUT2D eigenvalue weighted by Gasteiger charge is 2.38. The molecule has 1 saturated carbocycles. The molecule has 0 aromatic carbocycles. The number of nitrogens with zero attached hydrogens (tertiary/aromatic N) is 2. The average molecular weight is 448 g/mol. The Kier molecular flexibility index (Phi) is 6.41. The minimum atomic E-state index is -2.65. The van der Waals surface area contributed by atoms with Gasteiger partial charge in [-0.05, 0) is 30.9 Å². The number of alkyl halides is 2. The number of halogens is 2. The number of thioether (sulfide) groups is 1. The van der Waals surface area contributed by atoms with Gasteiger partial charge in [-0.25, -0.2) is 19.6 Å². The highest BCUT2D eigenvalue weighted by molar-refractivity contribution is 8.00. The van der Waals surface area contributed by atoms with Crippen LogP contribution in [-0.2, 0) is 11.2 Å². The molecule has 3 heterocycles. The van der Waals surface area contributed by atoms with Gasteiger partial charge in [-0.1, -0.05) is 11.8 Å². The Bertz CT molecular complexity index is 959. The summed E-state index contributed by atoms with van der Waals surface area (Å²) in [7, 11) is 1.42. The van der Waals surface area contributed by atoms with Crippen LogP contribution >= 0.6 is 11.8 Å². The van der Waals surface area contributed by atoms with Crippen LogP contribution in [0.15, 0.2) is 30.3 Å². The fraction of sp³-hybridized carbons (Fsp3) is 0.450. The Morgan fingerprint density at radius 3 is 2.94 bits per heavy atom. The van der Waals surface area contributed by atoms with Gasteiger partial charge in [0.1, 0.15) is 17.3 Å². The molecule has 1 amide bonds. The standard InChI is InChI=1S/C20H22F2N6O2S/c1-30-16-9-25-15(17(21)22)7-13(16)12-6-11(4-5-23)24-8-14(12)18(29)26-20-28-27-19(31-20)10-2-3-10/h6-10,15,17,19-20,25,27-28H,2-4H2,1H3,(H,26,29). The number of carbonyl (C=O) groups excluding carboxylic acids is 1. The van der Waals surface area contributed by atoms with Crippen LogP contribution < -0.4 is 21.5 Å². The lowest BCUT2D eigenvalue weighted by molar-refractivity contribution is 0.0944. The van der Waals surface area contributed by atoms with Crippen LogP contribution in [0.4, 0.5) is 8.78 Å². The molecule has 1 aliphatic carbocycles. The Labute approximate surface area is 182 Å². The van der Waals surface area contributed by atoms with E-state index in [4.69, 9.17) is 10.00 Å². The number of nitriles is 1. The Hall–Kier alpha value is -2.68. The summed E-state index contributed by atoms with van der Waals surface area (Å²) in [6.45, 7) is 0. The monoisotopic (exact) mass is 448 g/mol. The molecule has 1 aromatic heterocycles. The number of methoxy groups -OCH3 is 1. The molecule has 4 N–H and O–H groups in total. The number of carbonyl (C=O) groups is 1. The molecule has 11 heteroatoms. The number of rotatable bonds is 7. The second-order valence-electron chi connectivity index (χ2n) is 7.41. The Morgan fingerprint density at radius 1 is 1.45 bits per heavy atom. The maximum Gasteiger partial charge on any atom is 0.261 e. The largest absolute Gasteiger partial charge is 0.495 e. The minimum Gasteiger partial charge on any atom is -0.495 e. The van der Waals surface area contributed by atoms with Gasteiger partial charge in [-0.2, -0.15) is 5.26 Å². The highest BCUT2D eigenvalue weighted by atomic mass is 32.2. The lowest BCUT2D eigenvalue weighted by Gasteiger charge is -2.24. The molecule has 2 fully saturated rings. The molecule has 2 aliphatic heterocycles. The van der Waals surface area contributed by atoms with Crippen LogP contribution in [0.5, 0.6) is 0 Å². The molecule has 3 unspecified atom stereocenters. The number of allylic oxidation sites excluding steroid dienone is 1. The number of nitrogens with one attached hydrogen (secondary N) is 4. The zero-order valence-electron chi connectivity index (χ0n) is 16.7. The van der Waals surface area contributed by atoms with Gasteiger partial charge in [0.2, 0.25) is 0 Å². The maximum absolute atomic E-state index is 13.3. The summed E-state index contributed by atoms with van der Waals surface area (Å²) >= 11 is 1.59. The second kappa shape index (κ2) is 9.21. The summed E-state index contributed by atoms with van der Waals surface area (Å²) < 4.78 is 32.0. The predicted octanol–water partition coefficient (Wildman–Crippen LogP) is 1.85. The first kappa shape index (κ1) is 21.5. The van der Waals surface area contributed by atoms with Gasteiger partial charge in [-0.15, -0.1) is 0 Å². The van der Waals surface area contributed by atoms with Crippen LogP contribution in [-0.4, -0.2) is 41.3 Å². The molecule has 164 valence electrons. The van der Waals surface area contributed by atoms with Crippen LogP contribution in [0.3, 0.4) is 0 Å². The minimum absolute atomic E-state index is 0.0256. The summed E-state index contributed by atoms with van der Waals surface area (Å²) in [5.74, 6) is 0.504. The van der Waals surface area contributed by atoms with E-state index in [-0.39, 0.29) is 22.9 Å². The summed E-state index contributed by atoms with van der Waals surface area (Å²) in [5.41, 5.74) is 7.27. The molecular formula is C20H22F2N6O2S. The second-order valence-corrected chi connectivity index (χ2v) is 8.66. The zero-order valence-corrected chi connectivity index (χ0v) is 17.5. The van der Waals surface area contributed by atoms with Crippen molar-refractivity contribution in [1.29, 1.82) is 5.26 Å². The molecule has 3 atom stereocenters. The third-order valence-corrected chi connectivity index (χ3v) is 6.52. The summed E-state index contributed by atoms with van der Waals surface area (Å²) in [6.07, 6.45) is 3.78. The van der Waals surface area contributed by atoms with Crippen molar-refractivity contribution >= 4 is 23.2 Å². The lowest BCUT2D eigenvalue weighted by Crippen LogP contribution is -2.44. The number of hydrogen-bond donors (Lipinski definition) is 4. The fourth-order valence-corrected chi connectivity index (χ4v) is 4.68. The molecule has 1 aromatic rings. The van der Waals surface area contributed by atoms with Crippen molar-refractivity contribution in [2.45, 2.75) is 42.6 Å².